The summed E-state index contributed by atoms with van der Waals surface area (Å²) in [7, 11) is 0. The smallest absolute Gasteiger partial charge is 0.339 e. The van der Waals surface area contributed by atoms with Crippen LogP contribution in [-0.2, 0) is 6.54 Å². The number of rotatable bonds is 4. The molecule has 0 fully saturated rings. The number of non-ortho nitro benzene ring substituents is 1. The fourth-order valence-corrected chi connectivity index (χ4v) is 1.72. The molecule has 0 radical (unpaired) electrons. The maximum Gasteiger partial charge on any atom is 0.339 e. The number of aromatic carboxylic acids is 1. The Kier molecular flexibility index (Phi) is 4.52. The van der Waals surface area contributed by atoms with E-state index in [0.717, 1.165) is 0 Å². The summed E-state index contributed by atoms with van der Waals surface area (Å²) in [6.45, 7) is 2.35. The summed E-state index contributed by atoms with van der Waals surface area (Å²) < 4.78 is 1.48. The maximum absolute atomic E-state index is 11.2. The summed E-state index contributed by atoms with van der Waals surface area (Å²) in [5.74, 6) is -1.11. The third-order valence-electron chi connectivity index (χ3n) is 2.65. The number of hydrogen-bond acceptors (Lipinski definition) is 4. The highest BCUT2D eigenvalue weighted by Crippen LogP contribution is 2.25. The molecular formula is C12H12FN3O4. The van der Waals surface area contributed by atoms with Crippen molar-refractivity contribution in [2.24, 2.45) is 0 Å². The molecule has 0 bridgehead atoms. The summed E-state index contributed by atoms with van der Waals surface area (Å²) in [4.78, 5) is 21.4. The van der Waals surface area contributed by atoms with Gasteiger partial charge in [-0.15, -0.1) is 0 Å². The number of nitro benzene ring substituents is 1. The zero-order valence-electron chi connectivity index (χ0n) is 10.5. The Morgan fingerprint density at radius 1 is 1.50 bits per heavy atom. The molecule has 1 aromatic carbocycles. The van der Waals surface area contributed by atoms with Crippen molar-refractivity contribution in [2.75, 3.05) is 0 Å². The summed E-state index contributed by atoms with van der Waals surface area (Å²) in [5.41, 5.74) is 0.582. The first kappa shape index (κ1) is 15.3. The van der Waals surface area contributed by atoms with Gasteiger partial charge in [0.15, 0.2) is 0 Å². The predicted octanol–water partition coefficient (Wildman–Crippen LogP) is 2.33. The molecule has 0 atom stereocenters. The second-order valence-electron chi connectivity index (χ2n) is 3.86. The molecule has 106 valence electrons. The number of aromatic nitrogens is 2. The third kappa shape index (κ3) is 2.79. The summed E-state index contributed by atoms with van der Waals surface area (Å²) >= 11 is 0. The van der Waals surface area contributed by atoms with E-state index >= 15 is 0 Å². The van der Waals surface area contributed by atoms with E-state index in [1.165, 1.54) is 29.1 Å². The van der Waals surface area contributed by atoms with Crippen molar-refractivity contribution < 1.29 is 19.5 Å². The van der Waals surface area contributed by atoms with Crippen LogP contribution in [0.4, 0.5) is 10.4 Å². The number of aryl methyl sites for hydroxylation is 1. The highest BCUT2D eigenvalue weighted by Gasteiger charge is 2.18. The minimum atomic E-state index is -1.11. The Bertz CT molecular complexity index is 654. The lowest BCUT2D eigenvalue weighted by Gasteiger charge is -1.99. The van der Waals surface area contributed by atoms with Gasteiger partial charge in [-0.2, -0.15) is 5.10 Å². The van der Waals surface area contributed by atoms with Gasteiger partial charge in [0.1, 0.15) is 11.3 Å². The number of carboxylic acids is 1. The van der Waals surface area contributed by atoms with Gasteiger partial charge in [0.05, 0.1) is 4.92 Å². The molecule has 0 unspecified atom stereocenters. The molecule has 1 aromatic heterocycles. The fraction of sp³-hybridized carbons (Fsp3) is 0.167. The molecular weight excluding hydrogens is 269 g/mol. The fourth-order valence-electron chi connectivity index (χ4n) is 1.72. The highest BCUT2D eigenvalue weighted by atomic mass is 19.0. The number of nitrogens with zero attached hydrogens (tertiary/aromatic N) is 3. The van der Waals surface area contributed by atoms with Gasteiger partial charge in [-0.1, -0.05) is 12.1 Å². The molecule has 0 amide bonds. The van der Waals surface area contributed by atoms with Crippen LogP contribution in [0.2, 0.25) is 0 Å². The van der Waals surface area contributed by atoms with Gasteiger partial charge in [0.25, 0.3) is 5.69 Å². The van der Waals surface area contributed by atoms with Gasteiger partial charge in [-0.3, -0.25) is 19.5 Å². The van der Waals surface area contributed by atoms with E-state index in [0.29, 0.717) is 12.1 Å². The Balaban J connectivity index is 0.00000200. The van der Waals surface area contributed by atoms with Crippen LogP contribution < -0.4 is 0 Å². The number of benzene rings is 1. The molecule has 0 aliphatic carbocycles. The Morgan fingerprint density at radius 3 is 2.75 bits per heavy atom. The SMILES string of the molecule is CCn1cc(C(=O)O)c(-c2cccc([N+](=O)[O-])c2)n1.F. The molecule has 0 aliphatic rings. The Morgan fingerprint density at radius 2 is 2.20 bits per heavy atom. The first-order chi connectivity index (χ1) is 9.02. The first-order valence-corrected chi connectivity index (χ1v) is 5.58. The zero-order valence-corrected chi connectivity index (χ0v) is 10.5. The normalized spacial score (nSPS) is 9.85. The van der Waals surface area contributed by atoms with E-state index in [4.69, 9.17) is 5.11 Å². The maximum atomic E-state index is 11.2. The van der Waals surface area contributed by atoms with Gasteiger partial charge >= 0.3 is 5.97 Å². The van der Waals surface area contributed by atoms with Crippen molar-refractivity contribution in [3.8, 4) is 11.3 Å². The van der Waals surface area contributed by atoms with Gasteiger partial charge in [0, 0.05) is 30.4 Å². The van der Waals surface area contributed by atoms with Crippen LogP contribution in [0, 0.1) is 10.1 Å². The highest BCUT2D eigenvalue weighted by molar-refractivity contribution is 5.94. The average Bonchev–Trinajstić information content (AvgIpc) is 2.83. The number of halogens is 1. The largest absolute Gasteiger partial charge is 0.478 e. The van der Waals surface area contributed by atoms with Crippen molar-refractivity contribution in [2.45, 2.75) is 13.5 Å². The predicted molar refractivity (Wildman–Crippen MR) is 69.5 cm³/mol. The van der Waals surface area contributed by atoms with E-state index in [1.54, 1.807) is 6.07 Å². The monoisotopic (exact) mass is 281 g/mol. The molecule has 1 N–H and O–H groups in total. The minimum Gasteiger partial charge on any atom is -0.478 e. The minimum absolute atomic E-state index is 0. The van der Waals surface area contributed by atoms with Crippen LogP contribution in [-0.4, -0.2) is 25.8 Å². The molecule has 0 aliphatic heterocycles. The lowest BCUT2D eigenvalue weighted by molar-refractivity contribution is -0.384. The molecule has 0 saturated heterocycles. The van der Waals surface area contributed by atoms with E-state index in [9.17, 15) is 14.9 Å². The van der Waals surface area contributed by atoms with E-state index in [-0.39, 0.29) is 21.6 Å². The molecule has 0 spiro atoms. The van der Waals surface area contributed by atoms with Gasteiger partial charge in [0.2, 0.25) is 0 Å². The molecule has 0 saturated carbocycles. The second kappa shape index (κ2) is 5.91. The number of hydrogen-bond donors (Lipinski definition) is 1. The van der Waals surface area contributed by atoms with Gasteiger partial charge in [-0.05, 0) is 6.92 Å². The second-order valence-corrected chi connectivity index (χ2v) is 3.86. The Hall–Kier alpha value is -2.77. The van der Waals surface area contributed by atoms with Crippen molar-refractivity contribution in [1.82, 2.24) is 9.78 Å². The van der Waals surface area contributed by atoms with Crippen LogP contribution in [0.5, 0.6) is 0 Å². The van der Waals surface area contributed by atoms with Crippen LogP contribution in [0.25, 0.3) is 11.3 Å². The van der Waals surface area contributed by atoms with Crippen molar-refractivity contribution in [1.29, 1.82) is 0 Å². The zero-order chi connectivity index (χ0) is 14.0. The van der Waals surface area contributed by atoms with Crippen molar-refractivity contribution >= 4 is 11.7 Å². The number of carbonyl (C=O) groups is 1. The molecule has 7 nitrogen and oxygen atoms in total. The lowest BCUT2D eigenvalue weighted by atomic mass is 10.1. The van der Waals surface area contributed by atoms with Crippen molar-refractivity contribution in [3.05, 3.63) is 46.1 Å². The molecule has 2 rings (SSSR count). The van der Waals surface area contributed by atoms with Gasteiger partial charge < -0.3 is 5.11 Å². The molecule has 20 heavy (non-hydrogen) atoms. The standard InChI is InChI=1S/C12H11N3O4.FH/c1-2-14-7-10(12(16)17)11(13-14)8-4-3-5-9(6-8)15(18)19;/h3-7H,2H2,1H3,(H,16,17);1H. The van der Waals surface area contributed by atoms with E-state index in [1.807, 2.05) is 6.92 Å². The molecule has 1 heterocycles. The lowest BCUT2D eigenvalue weighted by Crippen LogP contribution is -1.97. The molecule has 2 aromatic rings. The average molecular weight is 281 g/mol. The van der Waals surface area contributed by atoms with Crippen molar-refractivity contribution in [3.63, 3.8) is 0 Å². The quantitative estimate of drug-likeness (QED) is 0.685. The Labute approximate surface area is 113 Å². The van der Waals surface area contributed by atoms with Crippen LogP contribution in [0.3, 0.4) is 0 Å². The third-order valence-corrected chi connectivity index (χ3v) is 2.65. The van der Waals surface area contributed by atoms with E-state index in [2.05, 4.69) is 5.10 Å². The number of carboxylic acid groups (broad SMARTS) is 1. The summed E-state index contributed by atoms with van der Waals surface area (Å²) in [6.07, 6.45) is 1.41. The summed E-state index contributed by atoms with van der Waals surface area (Å²) in [5, 5.41) is 24.0. The number of nitro groups is 1. The first-order valence-electron chi connectivity index (χ1n) is 5.58. The van der Waals surface area contributed by atoms with Crippen LogP contribution in [0.1, 0.15) is 17.3 Å². The summed E-state index contributed by atoms with van der Waals surface area (Å²) in [6, 6.07) is 5.77. The van der Waals surface area contributed by atoms with Crippen LogP contribution in [0.15, 0.2) is 30.5 Å². The molecule has 8 heteroatoms. The van der Waals surface area contributed by atoms with Crippen LogP contribution >= 0.6 is 0 Å². The topological polar surface area (TPSA) is 98.3 Å². The van der Waals surface area contributed by atoms with Gasteiger partial charge in [-0.25, -0.2) is 4.79 Å². The van der Waals surface area contributed by atoms with E-state index < -0.39 is 10.9 Å².